The number of nitrogen functional groups attached to an aromatic ring is 1. The van der Waals surface area contributed by atoms with E-state index in [4.69, 9.17) is 10.5 Å². The van der Waals surface area contributed by atoms with Crippen molar-refractivity contribution in [2.24, 2.45) is 5.92 Å². The maximum atomic E-state index is 5.82. The second kappa shape index (κ2) is 5.52. The summed E-state index contributed by atoms with van der Waals surface area (Å²) in [6.07, 6.45) is 1.19. The molecule has 1 aromatic carbocycles. The Bertz CT molecular complexity index is 361. The van der Waals surface area contributed by atoms with Crippen molar-refractivity contribution in [3.8, 4) is 0 Å². The van der Waals surface area contributed by atoms with Gasteiger partial charge in [0.25, 0.3) is 0 Å². The number of rotatable bonds is 4. The monoisotopic (exact) mass is 234 g/mol. The molecule has 3 heteroatoms. The fourth-order valence-corrected chi connectivity index (χ4v) is 2.37. The van der Waals surface area contributed by atoms with Gasteiger partial charge in [0.05, 0.1) is 6.61 Å². The molecule has 1 aliphatic rings. The van der Waals surface area contributed by atoms with E-state index in [1.165, 1.54) is 12.0 Å². The van der Waals surface area contributed by atoms with Gasteiger partial charge in [0.15, 0.2) is 0 Å². The molecule has 1 fully saturated rings. The third-order valence-corrected chi connectivity index (χ3v) is 3.62. The van der Waals surface area contributed by atoms with Gasteiger partial charge in [-0.1, -0.05) is 12.1 Å². The number of nitrogens with two attached hydrogens (primary N) is 1. The smallest absolute Gasteiger partial charge is 0.0507 e. The number of anilines is 1. The van der Waals surface area contributed by atoms with Crippen LogP contribution in [0.2, 0.25) is 0 Å². The summed E-state index contributed by atoms with van der Waals surface area (Å²) >= 11 is 0. The maximum absolute atomic E-state index is 5.82. The Morgan fingerprint density at radius 3 is 3.00 bits per heavy atom. The summed E-state index contributed by atoms with van der Waals surface area (Å²) in [6, 6.07) is 8.56. The van der Waals surface area contributed by atoms with Crippen LogP contribution >= 0.6 is 0 Å². The van der Waals surface area contributed by atoms with Gasteiger partial charge in [0.2, 0.25) is 0 Å². The second-order valence-corrected chi connectivity index (χ2v) is 5.02. The molecule has 3 nitrogen and oxygen atoms in total. The van der Waals surface area contributed by atoms with E-state index in [-0.39, 0.29) is 0 Å². The second-order valence-electron chi connectivity index (χ2n) is 5.02. The summed E-state index contributed by atoms with van der Waals surface area (Å²) in [6.45, 7) is 5.15. The van der Waals surface area contributed by atoms with E-state index in [1.807, 2.05) is 12.1 Å². The van der Waals surface area contributed by atoms with Gasteiger partial charge in [-0.25, -0.2) is 0 Å². The van der Waals surface area contributed by atoms with Crippen LogP contribution in [0.25, 0.3) is 0 Å². The molecule has 0 aromatic heterocycles. The van der Waals surface area contributed by atoms with Gasteiger partial charge in [-0.3, -0.25) is 4.90 Å². The van der Waals surface area contributed by atoms with Crippen LogP contribution in [0.3, 0.4) is 0 Å². The van der Waals surface area contributed by atoms with E-state index in [0.29, 0.717) is 12.0 Å². The molecule has 1 aromatic rings. The standard InChI is InChI=1S/C14H22N2O/c1-11(13-4-3-5-14(15)8-13)16(2)9-12-6-7-17-10-12/h3-5,8,11-12H,6-7,9-10,15H2,1-2H3. The highest BCUT2D eigenvalue weighted by Gasteiger charge is 2.20. The molecule has 2 rings (SSSR count). The first-order valence-corrected chi connectivity index (χ1v) is 6.30. The first kappa shape index (κ1) is 12.4. The van der Waals surface area contributed by atoms with Crippen LogP contribution in [0.5, 0.6) is 0 Å². The molecular formula is C14H22N2O. The highest BCUT2D eigenvalue weighted by Crippen LogP contribution is 2.23. The van der Waals surface area contributed by atoms with Crippen molar-refractivity contribution < 1.29 is 4.74 Å². The zero-order valence-electron chi connectivity index (χ0n) is 10.7. The molecular weight excluding hydrogens is 212 g/mol. The molecule has 1 saturated heterocycles. The van der Waals surface area contributed by atoms with Crippen molar-refractivity contribution in [3.63, 3.8) is 0 Å². The van der Waals surface area contributed by atoms with Crippen molar-refractivity contribution in [1.29, 1.82) is 0 Å². The summed E-state index contributed by atoms with van der Waals surface area (Å²) in [5.74, 6) is 0.684. The van der Waals surface area contributed by atoms with E-state index >= 15 is 0 Å². The maximum Gasteiger partial charge on any atom is 0.0507 e. The molecule has 2 unspecified atom stereocenters. The Morgan fingerprint density at radius 2 is 2.35 bits per heavy atom. The lowest BCUT2D eigenvalue weighted by atomic mass is 10.0. The number of ether oxygens (including phenoxy) is 1. The van der Waals surface area contributed by atoms with E-state index in [9.17, 15) is 0 Å². The molecule has 0 spiro atoms. The van der Waals surface area contributed by atoms with E-state index in [2.05, 4.69) is 31.0 Å². The molecule has 0 amide bonds. The van der Waals surface area contributed by atoms with Crippen LogP contribution in [0, 0.1) is 5.92 Å². The van der Waals surface area contributed by atoms with Crippen molar-refractivity contribution in [2.45, 2.75) is 19.4 Å². The normalized spacial score (nSPS) is 21.9. The average Bonchev–Trinajstić information content (AvgIpc) is 2.80. The Hall–Kier alpha value is -1.06. The summed E-state index contributed by atoms with van der Waals surface area (Å²) < 4.78 is 5.42. The van der Waals surface area contributed by atoms with E-state index in [1.54, 1.807) is 0 Å². The highest BCUT2D eigenvalue weighted by molar-refractivity contribution is 5.41. The number of benzene rings is 1. The molecule has 94 valence electrons. The van der Waals surface area contributed by atoms with Crippen molar-refractivity contribution >= 4 is 5.69 Å². The predicted molar refractivity (Wildman–Crippen MR) is 70.8 cm³/mol. The lowest BCUT2D eigenvalue weighted by Gasteiger charge is -2.27. The summed E-state index contributed by atoms with van der Waals surface area (Å²) in [5, 5.41) is 0. The zero-order chi connectivity index (χ0) is 12.3. The van der Waals surface area contributed by atoms with Crippen LogP contribution < -0.4 is 5.73 Å². The Balaban J connectivity index is 1.96. The third-order valence-electron chi connectivity index (χ3n) is 3.62. The van der Waals surface area contributed by atoms with E-state index in [0.717, 1.165) is 25.4 Å². The molecule has 2 N–H and O–H groups in total. The minimum absolute atomic E-state index is 0.402. The van der Waals surface area contributed by atoms with E-state index < -0.39 is 0 Å². The van der Waals surface area contributed by atoms with Gasteiger partial charge in [-0.05, 0) is 44.0 Å². The zero-order valence-corrected chi connectivity index (χ0v) is 10.7. The fourth-order valence-electron chi connectivity index (χ4n) is 2.37. The molecule has 17 heavy (non-hydrogen) atoms. The average molecular weight is 234 g/mol. The van der Waals surface area contributed by atoms with Crippen molar-refractivity contribution in [2.75, 3.05) is 32.5 Å². The van der Waals surface area contributed by atoms with Crippen molar-refractivity contribution in [3.05, 3.63) is 29.8 Å². The summed E-state index contributed by atoms with van der Waals surface area (Å²) in [4.78, 5) is 2.38. The summed E-state index contributed by atoms with van der Waals surface area (Å²) in [7, 11) is 2.17. The molecule has 0 saturated carbocycles. The van der Waals surface area contributed by atoms with Crippen LogP contribution in [0.4, 0.5) is 5.69 Å². The minimum Gasteiger partial charge on any atom is -0.399 e. The van der Waals surface area contributed by atoms with Crippen LogP contribution in [-0.2, 0) is 4.74 Å². The topological polar surface area (TPSA) is 38.5 Å². The lowest BCUT2D eigenvalue weighted by Crippen LogP contribution is -2.28. The molecule has 1 heterocycles. The van der Waals surface area contributed by atoms with Gasteiger partial charge in [-0.2, -0.15) is 0 Å². The minimum atomic E-state index is 0.402. The predicted octanol–water partition coefficient (Wildman–Crippen LogP) is 2.30. The summed E-state index contributed by atoms with van der Waals surface area (Å²) in [5.41, 5.74) is 7.95. The Kier molecular flexibility index (Phi) is 4.02. The van der Waals surface area contributed by atoms with Crippen LogP contribution in [-0.4, -0.2) is 31.7 Å². The number of hydrogen-bond acceptors (Lipinski definition) is 3. The van der Waals surface area contributed by atoms with Crippen LogP contribution in [0.15, 0.2) is 24.3 Å². The van der Waals surface area contributed by atoms with Gasteiger partial charge >= 0.3 is 0 Å². The first-order valence-electron chi connectivity index (χ1n) is 6.30. The fraction of sp³-hybridized carbons (Fsp3) is 0.571. The Labute approximate surface area is 104 Å². The Morgan fingerprint density at radius 1 is 1.53 bits per heavy atom. The SMILES string of the molecule is CC(c1cccc(N)c1)N(C)CC1CCOC1. The largest absolute Gasteiger partial charge is 0.399 e. The lowest BCUT2D eigenvalue weighted by molar-refractivity contribution is 0.164. The molecule has 0 aliphatic carbocycles. The first-order chi connectivity index (χ1) is 8.16. The van der Waals surface area contributed by atoms with Crippen molar-refractivity contribution in [1.82, 2.24) is 4.90 Å². The van der Waals surface area contributed by atoms with Gasteiger partial charge < -0.3 is 10.5 Å². The highest BCUT2D eigenvalue weighted by atomic mass is 16.5. The van der Waals surface area contributed by atoms with Gasteiger partial charge in [0.1, 0.15) is 0 Å². The third kappa shape index (κ3) is 3.20. The van der Waals surface area contributed by atoms with Gasteiger partial charge in [0, 0.05) is 24.9 Å². The quantitative estimate of drug-likeness (QED) is 0.812. The molecule has 2 atom stereocenters. The number of hydrogen-bond donors (Lipinski definition) is 1. The number of nitrogens with zero attached hydrogens (tertiary/aromatic N) is 1. The molecule has 1 aliphatic heterocycles. The van der Waals surface area contributed by atoms with Gasteiger partial charge in [-0.15, -0.1) is 0 Å². The molecule has 0 bridgehead atoms. The molecule has 0 radical (unpaired) electrons. The van der Waals surface area contributed by atoms with Crippen LogP contribution in [0.1, 0.15) is 24.9 Å².